The zero-order valence-corrected chi connectivity index (χ0v) is 8.79. The highest BCUT2D eigenvalue weighted by Gasteiger charge is 2.12. The SMILES string of the molecule is ClCc1nnc(C2=CCC(Cl)C=C2)o1. The fourth-order valence-electron chi connectivity index (χ4n) is 1.18. The second kappa shape index (κ2) is 4.15. The first-order chi connectivity index (χ1) is 6.79. The molecule has 5 heteroatoms. The molecule has 1 aromatic rings. The molecule has 14 heavy (non-hydrogen) atoms. The van der Waals surface area contributed by atoms with Crippen molar-refractivity contribution in [3.05, 3.63) is 30.0 Å². The van der Waals surface area contributed by atoms with Crippen molar-refractivity contribution < 1.29 is 4.42 Å². The molecule has 0 bridgehead atoms. The highest BCUT2D eigenvalue weighted by molar-refractivity contribution is 6.22. The third-order valence-electron chi connectivity index (χ3n) is 1.88. The van der Waals surface area contributed by atoms with Crippen LogP contribution in [0.4, 0.5) is 0 Å². The second-order valence-electron chi connectivity index (χ2n) is 2.90. The summed E-state index contributed by atoms with van der Waals surface area (Å²) in [6, 6.07) is 0. The standard InChI is InChI=1S/C9H8Cl2N2O/c10-5-8-12-13-9(14-8)6-1-3-7(11)4-2-6/h1-3,7H,4-5H2. The number of hydrogen-bond acceptors (Lipinski definition) is 3. The summed E-state index contributed by atoms with van der Waals surface area (Å²) in [7, 11) is 0. The number of nitrogens with zero attached hydrogens (tertiary/aromatic N) is 2. The molecule has 1 aliphatic carbocycles. The summed E-state index contributed by atoms with van der Waals surface area (Å²) in [5.74, 6) is 1.17. The van der Waals surface area contributed by atoms with Crippen LogP contribution in [0.3, 0.4) is 0 Å². The Morgan fingerprint density at radius 1 is 1.50 bits per heavy atom. The van der Waals surface area contributed by atoms with Crippen LogP contribution in [0.25, 0.3) is 5.57 Å². The highest BCUT2D eigenvalue weighted by Crippen LogP contribution is 2.22. The molecule has 0 fully saturated rings. The quantitative estimate of drug-likeness (QED) is 0.734. The van der Waals surface area contributed by atoms with Crippen LogP contribution >= 0.6 is 23.2 Å². The molecule has 1 aliphatic rings. The number of hydrogen-bond donors (Lipinski definition) is 0. The molecule has 3 nitrogen and oxygen atoms in total. The summed E-state index contributed by atoms with van der Waals surface area (Å²) in [6.07, 6.45) is 6.54. The lowest BCUT2D eigenvalue weighted by Crippen LogP contribution is -1.96. The van der Waals surface area contributed by atoms with Crippen molar-refractivity contribution in [2.75, 3.05) is 0 Å². The fraction of sp³-hybridized carbons (Fsp3) is 0.333. The van der Waals surface area contributed by atoms with Gasteiger partial charge in [0.15, 0.2) is 0 Å². The monoisotopic (exact) mass is 230 g/mol. The first kappa shape index (κ1) is 9.74. The minimum Gasteiger partial charge on any atom is -0.419 e. The predicted octanol–water partition coefficient (Wildman–Crippen LogP) is 2.76. The maximum absolute atomic E-state index is 5.88. The minimum atomic E-state index is 0.0640. The predicted molar refractivity (Wildman–Crippen MR) is 55.2 cm³/mol. The lowest BCUT2D eigenvalue weighted by molar-refractivity contribution is 0.502. The van der Waals surface area contributed by atoms with Gasteiger partial charge in [0.05, 0.1) is 5.38 Å². The summed E-state index contributed by atoms with van der Waals surface area (Å²) in [4.78, 5) is 0. The first-order valence-corrected chi connectivity index (χ1v) is 5.18. The van der Waals surface area contributed by atoms with E-state index in [-0.39, 0.29) is 11.3 Å². The van der Waals surface area contributed by atoms with E-state index < -0.39 is 0 Å². The molecule has 0 aromatic carbocycles. The van der Waals surface area contributed by atoms with Crippen LogP contribution in [0.5, 0.6) is 0 Å². The Labute approximate surface area is 91.4 Å². The maximum Gasteiger partial charge on any atom is 0.247 e. The molecule has 1 heterocycles. The van der Waals surface area contributed by atoms with Crippen LogP contribution in [0.1, 0.15) is 18.2 Å². The van der Waals surface area contributed by atoms with Gasteiger partial charge in [-0.05, 0) is 6.42 Å². The molecule has 2 rings (SSSR count). The molecule has 1 aromatic heterocycles. The van der Waals surface area contributed by atoms with E-state index in [0.717, 1.165) is 12.0 Å². The van der Waals surface area contributed by atoms with Crippen LogP contribution < -0.4 is 0 Å². The lowest BCUT2D eigenvalue weighted by Gasteiger charge is -2.06. The summed E-state index contributed by atoms with van der Waals surface area (Å²) in [5, 5.41) is 7.71. The summed E-state index contributed by atoms with van der Waals surface area (Å²) in [6.45, 7) is 0. The molecule has 74 valence electrons. The zero-order chi connectivity index (χ0) is 9.97. The van der Waals surface area contributed by atoms with E-state index in [1.165, 1.54) is 0 Å². The average molecular weight is 231 g/mol. The number of rotatable bonds is 2. The van der Waals surface area contributed by atoms with Gasteiger partial charge in [-0.2, -0.15) is 0 Å². The largest absolute Gasteiger partial charge is 0.419 e. The molecule has 0 N–H and O–H groups in total. The van der Waals surface area contributed by atoms with Gasteiger partial charge in [0, 0.05) is 5.57 Å². The number of aromatic nitrogens is 2. The van der Waals surface area contributed by atoms with Crippen LogP contribution in [-0.4, -0.2) is 15.6 Å². The topological polar surface area (TPSA) is 38.9 Å². The molecule has 0 radical (unpaired) electrons. The van der Waals surface area contributed by atoms with Crippen LogP contribution in [-0.2, 0) is 5.88 Å². The van der Waals surface area contributed by atoms with Gasteiger partial charge in [0.1, 0.15) is 5.88 Å². The Morgan fingerprint density at radius 3 is 2.93 bits per heavy atom. The van der Waals surface area contributed by atoms with Crippen molar-refractivity contribution >= 4 is 28.8 Å². The molecule has 1 unspecified atom stereocenters. The summed E-state index contributed by atoms with van der Waals surface area (Å²) >= 11 is 11.4. The molecule has 0 saturated carbocycles. The van der Waals surface area contributed by atoms with Gasteiger partial charge in [-0.25, -0.2) is 0 Å². The first-order valence-electron chi connectivity index (χ1n) is 4.21. The van der Waals surface area contributed by atoms with Crippen molar-refractivity contribution in [2.24, 2.45) is 0 Å². The van der Waals surface area contributed by atoms with E-state index >= 15 is 0 Å². The lowest BCUT2D eigenvalue weighted by atomic mass is 10.1. The van der Waals surface area contributed by atoms with Gasteiger partial charge in [-0.15, -0.1) is 33.4 Å². The zero-order valence-electron chi connectivity index (χ0n) is 7.28. The van der Waals surface area contributed by atoms with E-state index in [1.54, 1.807) is 0 Å². The summed E-state index contributed by atoms with van der Waals surface area (Å²) < 4.78 is 5.29. The molecule has 0 aliphatic heterocycles. The van der Waals surface area contributed by atoms with Crippen molar-refractivity contribution in [1.29, 1.82) is 0 Å². The van der Waals surface area contributed by atoms with E-state index in [1.807, 2.05) is 18.2 Å². The average Bonchev–Trinajstić information content (AvgIpc) is 2.67. The van der Waals surface area contributed by atoms with Gasteiger partial charge in [0.2, 0.25) is 11.8 Å². The third-order valence-corrected chi connectivity index (χ3v) is 2.43. The third kappa shape index (κ3) is 1.99. The Morgan fingerprint density at radius 2 is 2.36 bits per heavy atom. The Kier molecular flexibility index (Phi) is 2.89. The smallest absolute Gasteiger partial charge is 0.247 e. The molecular formula is C9H8Cl2N2O. The molecular weight excluding hydrogens is 223 g/mol. The molecule has 0 spiro atoms. The normalized spacial score (nSPS) is 21.0. The van der Waals surface area contributed by atoms with Crippen LogP contribution in [0.15, 0.2) is 22.6 Å². The van der Waals surface area contributed by atoms with Crippen molar-refractivity contribution in [3.8, 4) is 0 Å². The van der Waals surface area contributed by atoms with Gasteiger partial charge >= 0.3 is 0 Å². The second-order valence-corrected chi connectivity index (χ2v) is 3.73. The van der Waals surface area contributed by atoms with Gasteiger partial charge in [-0.3, -0.25) is 0 Å². The highest BCUT2D eigenvalue weighted by atomic mass is 35.5. The molecule has 0 amide bonds. The minimum absolute atomic E-state index is 0.0640. The van der Waals surface area contributed by atoms with Crippen LogP contribution in [0.2, 0.25) is 0 Å². The number of halogens is 2. The van der Waals surface area contributed by atoms with Gasteiger partial charge in [-0.1, -0.05) is 18.2 Å². The molecule has 1 atom stereocenters. The van der Waals surface area contributed by atoms with Gasteiger partial charge in [0.25, 0.3) is 0 Å². The van der Waals surface area contributed by atoms with E-state index in [2.05, 4.69) is 10.2 Å². The van der Waals surface area contributed by atoms with E-state index in [0.29, 0.717) is 11.8 Å². The Bertz CT molecular complexity index is 384. The number of allylic oxidation sites excluding steroid dienone is 4. The molecule has 0 saturated heterocycles. The Balaban J connectivity index is 2.20. The fourth-order valence-corrected chi connectivity index (χ4v) is 1.45. The van der Waals surface area contributed by atoms with E-state index in [9.17, 15) is 0 Å². The van der Waals surface area contributed by atoms with Crippen LogP contribution in [0, 0.1) is 0 Å². The van der Waals surface area contributed by atoms with Crippen molar-refractivity contribution in [1.82, 2.24) is 10.2 Å². The Hall–Kier alpha value is -0.800. The van der Waals surface area contributed by atoms with Crippen molar-refractivity contribution in [3.63, 3.8) is 0 Å². The summed E-state index contributed by atoms with van der Waals surface area (Å²) in [5.41, 5.74) is 0.908. The van der Waals surface area contributed by atoms with Gasteiger partial charge < -0.3 is 4.42 Å². The van der Waals surface area contributed by atoms with E-state index in [4.69, 9.17) is 27.6 Å². The number of alkyl halides is 2. The van der Waals surface area contributed by atoms with Crippen molar-refractivity contribution in [2.45, 2.75) is 17.7 Å². The maximum atomic E-state index is 5.88.